The molecule has 1 N–H and O–H groups in total. The van der Waals surface area contributed by atoms with Gasteiger partial charge in [-0.1, -0.05) is 11.6 Å². The fraction of sp³-hybridized carbons (Fsp3) is 0.250. The van der Waals surface area contributed by atoms with E-state index in [0.717, 1.165) is 6.07 Å². The third-order valence-electron chi connectivity index (χ3n) is 1.63. The quantitative estimate of drug-likeness (QED) is 0.773. The summed E-state index contributed by atoms with van der Waals surface area (Å²) in [5, 5.41) is 8.18. The van der Waals surface area contributed by atoms with Crippen LogP contribution in [-0.2, 0) is 6.42 Å². The number of alkyl halides is 2. The maximum Gasteiger partial charge on any atom is 0.264 e. The van der Waals surface area contributed by atoms with Crippen molar-refractivity contribution in [2.24, 2.45) is 0 Å². The number of H-pyrrole nitrogens is 1. The zero-order chi connectivity index (χ0) is 10.7. The number of halogens is 3. The summed E-state index contributed by atoms with van der Waals surface area (Å²) < 4.78 is 24.8. The molecule has 0 aliphatic heterocycles. The molecule has 1 aromatic heterocycles. The average molecular weight is 219 g/mol. The average Bonchev–Trinajstić information content (AvgIpc) is 2.09. The summed E-state index contributed by atoms with van der Waals surface area (Å²) >= 11 is 5.39. The minimum atomic E-state index is -2.81. The molecule has 14 heavy (non-hydrogen) atoms. The number of rotatable bonds is 2. The molecule has 0 saturated carbocycles. The summed E-state index contributed by atoms with van der Waals surface area (Å²) in [6.07, 6.45) is -3.16. The number of hydrogen-bond donors (Lipinski definition) is 1. The fourth-order valence-electron chi connectivity index (χ4n) is 1.03. The maximum atomic E-state index is 12.4. The van der Waals surface area contributed by atoms with Gasteiger partial charge < -0.3 is 4.98 Å². The van der Waals surface area contributed by atoms with Crippen molar-refractivity contribution in [1.29, 1.82) is 5.26 Å². The van der Waals surface area contributed by atoms with E-state index in [9.17, 15) is 13.6 Å². The Labute approximate surface area is 82.9 Å². The van der Waals surface area contributed by atoms with Gasteiger partial charge in [0.1, 0.15) is 5.15 Å². The van der Waals surface area contributed by atoms with Crippen molar-refractivity contribution in [3.8, 4) is 6.07 Å². The molecule has 3 nitrogen and oxygen atoms in total. The standard InChI is InChI=1S/C8H5ClF2N2O/c9-6-3-5(7(10)11)4(1-2-12)8(14)13-6/h3,7H,1H2,(H,13,14). The van der Waals surface area contributed by atoms with Crippen LogP contribution in [0.2, 0.25) is 5.15 Å². The van der Waals surface area contributed by atoms with Gasteiger partial charge in [-0.15, -0.1) is 0 Å². The Morgan fingerprint density at radius 3 is 2.79 bits per heavy atom. The number of aromatic amines is 1. The summed E-state index contributed by atoms with van der Waals surface area (Å²) in [6.45, 7) is 0. The van der Waals surface area contributed by atoms with E-state index in [1.54, 1.807) is 6.07 Å². The maximum absolute atomic E-state index is 12.4. The van der Waals surface area contributed by atoms with Crippen molar-refractivity contribution in [2.45, 2.75) is 12.8 Å². The Hall–Kier alpha value is -1.41. The first-order chi connectivity index (χ1) is 6.56. The fourth-order valence-corrected chi connectivity index (χ4v) is 1.23. The Morgan fingerprint density at radius 1 is 1.64 bits per heavy atom. The van der Waals surface area contributed by atoms with Gasteiger partial charge in [-0.25, -0.2) is 8.78 Å². The largest absolute Gasteiger partial charge is 0.313 e. The molecule has 0 fully saturated rings. The van der Waals surface area contributed by atoms with Crippen molar-refractivity contribution in [1.82, 2.24) is 4.98 Å². The van der Waals surface area contributed by atoms with Crippen LogP contribution in [0.25, 0.3) is 0 Å². The van der Waals surface area contributed by atoms with Crippen LogP contribution in [0.3, 0.4) is 0 Å². The third-order valence-corrected chi connectivity index (χ3v) is 1.83. The molecule has 0 saturated heterocycles. The number of aromatic nitrogens is 1. The topological polar surface area (TPSA) is 56.6 Å². The van der Waals surface area contributed by atoms with Crippen molar-refractivity contribution in [3.63, 3.8) is 0 Å². The number of nitrogens with one attached hydrogen (secondary N) is 1. The molecule has 0 atom stereocenters. The van der Waals surface area contributed by atoms with Crippen LogP contribution in [-0.4, -0.2) is 4.98 Å². The van der Waals surface area contributed by atoms with Crippen molar-refractivity contribution in [3.05, 3.63) is 32.7 Å². The second-order valence-corrected chi connectivity index (χ2v) is 2.92. The van der Waals surface area contributed by atoms with Crippen molar-refractivity contribution >= 4 is 11.6 Å². The zero-order valence-corrected chi connectivity index (χ0v) is 7.61. The summed E-state index contributed by atoms with van der Waals surface area (Å²) in [4.78, 5) is 13.3. The number of pyridine rings is 1. The highest BCUT2D eigenvalue weighted by Gasteiger charge is 2.16. The lowest BCUT2D eigenvalue weighted by Gasteiger charge is -2.04. The van der Waals surface area contributed by atoms with E-state index in [1.165, 1.54) is 0 Å². The van der Waals surface area contributed by atoms with E-state index < -0.39 is 17.5 Å². The molecule has 0 radical (unpaired) electrons. The van der Waals surface area contributed by atoms with Gasteiger partial charge in [0.2, 0.25) is 0 Å². The van der Waals surface area contributed by atoms with Gasteiger partial charge in [-0.3, -0.25) is 4.79 Å². The first kappa shape index (κ1) is 10.7. The van der Waals surface area contributed by atoms with Gasteiger partial charge in [0, 0.05) is 11.1 Å². The lowest BCUT2D eigenvalue weighted by atomic mass is 10.1. The van der Waals surface area contributed by atoms with Crippen molar-refractivity contribution in [2.75, 3.05) is 0 Å². The van der Waals surface area contributed by atoms with E-state index in [0.29, 0.717) is 0 Å². The van der Waals surface area contributed by atoms with Gasteiger partial charge in [0.05, 0.1) is 12.5 Å². The molecule has 1 aromatic rings. The van der Waals surface area contributed by atoms with Gasteiger partial charge in [-0.2, -0.15) is 5.26 Å². The minimum Gasteiger partial charge on any atom is -0.313 e. The minimum absolute atomic E-state index is 0.160. The van der Waals surface area contributed by atoms with Gasteiger partial charge in [0.25, 0.3) is 12.0 Å². The summed E-state index contributed by atoms with van der Waals surface area (Å²) in [7, 11) is 0. The molecule has 0 aromatic carbocycles. The highest BCUT2D eigenvalue weighted by Crippen LogP contribution is 2.22. The van der Waals surface area contributed by atoms with Crippen LogP contribution in [0.4, 0.5) is 8.78 Å². The van der Waals surface area contributed by atoms with Crippen LogP contribution in [0.1, 0.15) is 17.6 Å². The van der Waals surface area contributed by atoms with E-state index >= 15 is 0 Å². The van der Waals surface area contributed by atoms with Gasteiger partial charge in [-0.05, 0) is 6.07 Å². The SMILES string of the molecule is N#CCc1c(C(F)F)cc(Cl)[nH]c1=O. The van der Waals surface area contributed by atoms with Crippen LogP contribution in [0.15, 0.2) is 10.9 Å². The molecule has 1 rings (SSSR count). The molecule has 0 unspecified atom stereocenters. The van der Waals surface area contributed by atoms with E-state index in [-0.39, 0.29) is 17.1 Å². The summed E-state index contributed by atoms with van der Waals surface area (Å²) in [6, 6.07) is 2.60. The van der Waals surface area contributed by atoms with Gasteiger partial charge in [0.15, 0.2) is 0 Å². The third kappa shape index (κ3) is 2.09. The number of hydrogen-bond acceptors (Lipinski definition) is 2. The summed E-state index contributed by atoms with van der Waals surface area (Å²) in [5.74, 6) is 0. The second kappa shape index (κ2) is 4.20. The lowest BCUT2D eigenvalue weighted by molar-refractivity contribution is 0.150. The lowest BCUT2D eigenvalue weighted by Crippen LogP contribution is -2.15. The predicted octanol–water partition coefficient (Wildman–Crippen LogP) is 2.03. The smallest absolute Gasteiger partial charge is 0.264 e. The summed E-state index contributed by atoms with van der Waals surface area (Å²) in [5.41, 5.74) is -1.46. The Morgan fingerprint density at radius 2 is 2.29 bits per heavy atom. The Balaban J connectivity index is 3.38. The normalized spacial score (nSPS) is 10.2. The van der Waals surface area contributed by atoms with Gasteiger partial charge >= 0.3 is 0 Å². The Bertz CT molecular complexity index is 436. The first-order valence-electron chi connectivity index (χ1n) is 3.63. The first-order valence-corrected chi connectivity index (χ1v) is 4.00. The number of nitriles is 1. The Kier molecular flexibility index (Phi) is 3.20. The molecule has 0 aliphatic rings. The molecular weight excluding hydrogens is 214 g/mol. The monoisotopic (exact) mass is 218 g/mol. The van der Waals surface area contributed by atoms with Crippen LogP contribution < -0.4 is 5.56 Å². The van der Waals surface area contributed by atoms with Crippen LogP contribution in [0, 0.1) is 11.3 Å². The highest BCUT2D eigenvalue weighted by molar-refractivity contribution is 6.29. The van der Waals surface area contributed by atoms with Crippen LogP contribution in [0.5, 0.6) is 0 Å². The van der Waals surface area contributed by atoms with Crippen molar-refractivity contribution < 1.29 is 8.78 Å². The molecule has 0 bridgehead atoms. The van der Waals surface area contributed by atoms with Crippen LogP contribution >= 0.6 is 11.6 Å². The highest BCUT2D eigenvalue weighted by atomic mass is 35.5. The molecule has 6 heteroatoms. The van der Waals surface area contributed by atoms with E-state index in [1.807, 2.05) is 0 Å². The zero-order valence-electron chi connectivity index (χ0n) is 6.85. The molecule has 0 aliphatic carbocycles. The molecule has 1 heterocycles. The molecule has 0 amide bonds. The van der Waals surface area contributed by atoms with E-state index in [2.05, 4.69) is 4.98 Å². The molecule has 74 valence electrons. The molecule has 0 spiro atoms. The number of nitrogens with zero attached hydrogens (tertiary/aromatic N) is 1. The molecular formula is C8H5ClF2N2O. The van der Waals surface area contributed by atoms with E-state index in [4.69, 9.17) is 16.9 Å². The second-order valence-electron chi connectivity index (χ2n) is 2.52. The predicted molar refractivity (Wildman–Crippen MR) is 46.3 cm³/mol.